The molecule has 2 saturated heterocycles. The van der Waals surface area contributed by atoms with Crippen LogP contribution in [-0.2, 0) is 23.7 Å². The van der Waals surface area contributed by atoms with Gasteiger partial charge in [-0.05, 0) is 26.0 Å². The minimum absolute atomic E-state index is 0.295. The Balaban J connectivity index is 1.49. The number of carbonyl (C=O) groups excluding carboxylic acids is 1. The SMILES string of the molecule is CO[C@@H]1O[C@@]2(C[C@H]2OC(=O)c2ccccc2)[C@@H]2OC(C)(C)OC12. The van der Waals surface area contributed by atoms with E-state index in [2.05, 4.69) is 0 Å². The van der Waals surface area contributed by atoms with Crippen molar-refractivity contribution in [2.45, 2.75) is 56.3 Å². The molecule has 23 heavy (non-hydrogen) atoms. The van der Waals surface area contributed by atoms with Gasteiger partial charge >= 0.3 is 5.97 Å². The molecule has 1 aromatic rings. The fourth-order valence-electron chi connectivity index (χ4n) is 3.47. The van der Waals surface area contributed by atoms with Crippen molar-refractivity contribution in [3.63, 3.8) is 0 Å². The second-order valence-electron chi connectivity index (χ2n) is 6.66. The minimum atomic E-state index is -0.695. The smallest absolute Gasteiger partial charge is 0.338 e. The number of rotatable bonds is 3. The standard InChI is InChI=1S/C17H20O6/c1-16(2)21-12-13(22-16)17(23-15(12)19-3)9-11(17)20-14(18)10-7-5-4-6-8-10/h4-8,11-13,15H,9H2,1-3H3/t11-,12?,13-,15-,17-/m1/s1. The van der Waals surface area contributed by atoms with Crippen LogP contribution in [-0.4, -0.2) is 49.1 Å². The Labute approximate surface area is 134 Å². The van der Waals surface area contributed by atoms with Gasteiger partial charge in [-0.2, -0.15) is 0 Å². The van der Waals surface area contributed by atoms with Gasteiger partial charge in [-0.3, -0.25) is 0 Å². The van der Waals surface area contributed by atoms with E-state index in [4.69, 9.17) is 23.7 Å². The molecule has 6 heteroatoms. The highest BCUT2D eigenvalue weighted by atomic mass is 16.8. The first-order valence-electron chi connectivity index (χ1n) is 7.77. The topological polar surface area (TPSA) is 63.2 Å². The zero-order valence-corrected chi connectivity index (χ0v) is 13.4. The molecule has 1 aliphatic carbocycles. The highest BCUT2D eigenvalue weighted by molar-refractivity contribution is 5.89. The van der Waals surface area contributed by atoms with E-state index in [1.165, 1.54) is 0 Å². The first-order chi connectivity index (χ1) is 11.0. The molecule has 124 valence electrons. The summed E-state index contributed by atoms with van der Waals surface area (Å²) in [5, 5.41) is 0. The maximum absolute atomic E-state index is 12.2. The third-order valence-corrected chi connectivity index (χ3v) is 4.59. The summed E-state index contributed by atoms with van der Waals surface area (Å²) in [5.41, 5.74) is -0.139. The fraction of sp³-hybridized carbons (Fsp3) is 0.588. The van der Waals surface area contributed by atoms with E-state index >= 15 is 0 Å². The lowest BCUT2D eigenvalue weighted by Crippen LogP contribution is -2.35. The van der Waals surface area contributed by atoms with Gasteiger partial charge in [-0.25, -0.2) is 4.79 Å². The van der Waals surface area contributed by atoms with E-state index < -0.39 is 17.7 Å². The molecule has 1 aromatic carbocycles. The Morgan fingerprint density at radius 2 is 1.91 bits per heavy atom. The van der Waals surface area contributed by atoms with Crippen LogP contribution in [0.2, 0.25) is 0 Å². The van der Waals surface area contributed by atoms with Gasteiger partial charge in [-0.1, -0.05) is 18.2 Å². The lowest BCUT2D eigenvalue weighted by molar-refractivity contribution is -0.236. The Hall–Kier alpha value is -1.47. The van der Waals surface area contributed by atoms with Gasteiger partial charge in [0.15, 0.2) is 12.1 Å². The highest BCUT2D eigenvalue weighted by Crippen LogP contribution is 2.57. The molecule has 6 nitrogen and oxygen atoms in total. The van der Waals surface area contributed by atoms with E-state index in [0.717, 1.165) is 0 Å². The molecule has 5 atom stereocenters. The Bertz CT molecular complexity index is 615. The van der Waals surface area contributed by atoms with Gasteiger partial charge in [0.2, 0.25) is 0 Å². The predicted molar refractivity (Wildman–Crippen MR) is 78.7 cm³/mol. The Morgan fingerprint density at radius 3 is 2.61 bits per heavy atom. The van der Waals surface area contributed by atoms with Crippen molar-refractivity contribution in [2.24, 2.45) is 0 Å². The number of methoxy groups -OCH3 is 1. The molecule has 1 spiro atoms. The number of esters is 1. The van der Waals surface area contributed by atoms with Crippen LogP contribution >= 0.6 is 0 Å². The van der Waals surface area contributed by atoms with Crippen molar-refractivity contribution in [1.29, 1.82) is 0 Å². The van der Waals surface area contributed by atoms with Crippen molar-refractivity contribution >= 4 is 5.97 Å². The zero-order valence-electron chi connectivity index (χ0n) is 13.4. The van der Waals surface area contributed by atoms with Gasteiger partial charge < -0.3 is 23.7 Å². The van der Waals surface area contributed by atoms with Crippen LogP contribution in [0, 0.1) is 0 Å². The quantitative estimate of drug-likeness (QED) is 0.793. The number of ether oxygens (including phenoxy) is 5. The van der Waals surface area contributed by atoms with Crippen LogP contribution in [0.25, 0.3) is 0 Å². The molecule has 3 fully saturated rings. The van der Waals surface area contributed by atoms with Crippen molar-refractivity contribution in [1.82, 2.24) is 0 Å². The van der Waals surface area contributed by atoms with Crippen LogP contribution in [0.15, 0.2) is 30.3 Å². The van der Waals surface area contributed by atoms with Gasteiger partial charge in [0.05, 0.1) is 5.56 Å². The summed E-state index contributed by atoms with van der Waals surface area (Å²) in [5.74, 6) is -1.05. The second-order valence-corrected chi connectivity index (χ2v) is 6.66. The summed E-state index contributed by atoms with van der Waals surface area (Å²) in [6.45, 7) is 3.72. The van der Waals surface area contributed by atoms with Crippen LogP contribution in [0.4, 0.5) is 0 Å². The van der Waals surface area contributed by atoms with Crippen molar-refractivity contribution in [2.75, 3.05) is 7.11 Å². The average Bonchev–Trinajstić information content (AvgIpc) is 3.00. The minimum Gasteiger partial charge on any atom is -0.455 e. The summed E-state index contributed by atoms with van der Waals surface area (Å²) < 4.78 is 28.8. The largest absolute Gasteiger partial charge is 0.455 e. The van der Waals surface area contributed by atoms with Crippen LogP contribution < -0.4 is 0 Å². The predicted octanol–water partition coefficient (Wildman–Crippen LogP) is 1.88. The van der Waals surface area contributed by atoms with Crippen molar-refractivity contribution in [3.05, 3.63) is 35.9 Å². The lowest BCUT2D eigenvalue weighted by atomic mass is 10.1. The molecule has 0 bridgehead atoms. The molecule has 1 saturated carbocycles. The van der Waals surface area contributed by atoms with E-state index in [0.29, 0.717) is 12.0 Å². The molecule has 0 N–H and O–H groups in total. The third-order valence-electron chi connectivity index (χ3n) is 4.59. The molecular weight excluding hydrogens is 300 g/mol. The third kappa shape index (κ3) is 2.37. The van der Waals surface area contributed by atoms with E-state index in [1.54, 1.807) is 31.4 Å². The van der Waals surface area contributed by atoms with Crippen molar-refractivity contribution in [3.8, 4) is 0 Å². The van der Waals surface area contributed by atoms with Gasteiger partial charge in [0, 0.05) is 13.5 Å². The summed E-state index contributed by atoms with van der Waals surface area (Å²) in [6, 6.07) is 8.92. The molecule has 0 radical (unpaired) electrons. The lowest BCUT2D eigenvalue weighted by Gasteiger charge is -2.23. The molecule has 2 heterocycles. The van der Waals surface area contributed by atoms with Crippen LogP contribution in [0.1, 0.15) is 30.6 Å². The number of benzene rings is 1. The van der Waals surface area contributed by atoms with E-state index in [-0.39, 0.29) is 24.3 Å². The average molecular weight is 320 g/mol. The van der Waals surface area contributed by atoms with Crippen LogP contribution in [0.5, 0.6) is 0 Å². The monoisotopic (exact) mass is 320 g/mol. The number of hydrogen-bond acceptors (Lipinski definition) is 6. The maximum Gasteiger partial charge on any atom is 0.338 e. The number of fused-ring (bicyclic) bond motifs is 2. The molecule has 3 aliphatic rings. The summed E-state index contributed by atoms with van der Waals surface area (Å²) in [6.07, 6.45) is -0.875. The number of carbonyl (C=O) groups is 1. The first-order valence-corrected chi connectivity index (χ1v) is 7.77. The van der Waals surface area contributed by atoms with Gasteiger partial charge in [0.25, 0.3) is 0 Å². The molecule has 2 aliphatic heterocycles. The van der Waals surface area contributed by atoms with Gasteiger partial charge in [0.1, 0.15) is 23.9 Å². The molecule has 0 amide bonds. The molecule has 0 aromatic heterocycles. The normalized spacial score (nSPS) is 40.1. The van der Waals surface area contributed by atoms with Gasteiger partial charge in [-0.15, -0.1) is 0 Å². The summed E-state index contributed by atoms with van der Waals surface area (Å²) in [7, 11) is 1.57. The van der Waals surface area contributed by atoms with Crippen molar-refractivity contribution < 1.29 is 28.5 Å². The zero-order chi connectivity index (χ0) is 16.2. The van der Waals surface area contributed by atoms with E-state index in [9.17, 15) is 4.79 Å². The highest BCUT2D eigenvalue weighted by Gasteiger charge is 2.75. The Morgan fingerprint density at radius 1 is 1.17 bits per heavy atom. The fourth-order valence-corrected chi connectivity index (χ4v) is 3.47. The maximum atomic E-state index is 12.2. The summed E-state index contributed by atoms with van der Waals surface area (Å²) in [4.78, 5) is 12.2. The number of hydrogen-bond donors (Lipinski definition) is 0. The second kappa shape index (κ2) is 5.01. The summed E-state index contributed by atoms with van der Waals surface area (Å²) >= 11 is 0. The molecule has 4 rings (SSSR count). The molecular formula is C17H20O6. The van der Waals surface area contributed by atoms with E-state index in [1.807, 2.05) is 19.9 Å². The Kier molecular flexibility index (Phi) is 3.29. The van der Waals surface area contributed by atoms with Crippen LogP contribution in [0.3, 0.4) is 0 Å². The molecule has 1 unspecified atom stereocenters. The first kappa shape index (κ1) is 15.1.